The van der Waals surface area contributed by atoms with Crippen molar-refractivity contribution in [2.45, 2.75) is 31.8 Å². The van der Waals surface area contributed by atoms with Crippen molar-refractivity contribution in [2.24, 2.45) is 0 Å². The Morgan fingerprint density at radius 1 is 1.03 bits per heavy atom. The molecule has 4 rings (SSSR count). The Labute approximate surface area is 169 Å². The zero-order chi connectivity index (χ0) is 20.6. The van der Waals surface area contributed by atoms with Gasteiger partial charge in [-0.15, -0.1) is 0 Å². The molecule has 150 valence electrons. The predicted octanol–water partition coefficient (Wildman–Crippen LogP) is 3.54. The van der Waals surface area contributed by atoms with E-state index in [9.17, 15) is 14.4 Å². The molecule has 1 fully saturated rings. The molecule has 29 heavy (non-hydrogen) atoms. The molecule has 6 heteroatoms. The molecule has 1 saturated heterocycles. The summed E-state index contributed by atoms with van der Waals surface area (Å²) in [6, 6.07) is 12.0. The molecule has 6 nitrogen and oxygen atoms in total. The average Bonchev–Trinajstić information content (AvgIpc) is 2.73. The van der Waals surface area contributed by atoms with Crippen molar-refractivity contribution >= 4 is 17.5 Å². The number of Topliss-reactive ketones (excluding diaryl/α,β-unsaturated/α-hetero) is 2. The minimum Gasteiger partial charge on any atom is -0.497 e. The van der Waals surface area contributed by atoms with Gasteiger partial charge in [0.2, 0.25) is 0 Å². The van der Waals surface area contributed by atoms with Gasteiger partial charge in [-0.3, -0.25) is 14.4 Å². The van der Waals surface area contributed by atoms with Gasteiger partial charge in [-0.05, 0) is 31.2 Å². The number of carbonyl (C=O) groups is 3. The van der Waals surface area contributed by atoms with Crippen LogP contribution in [0.15, 0.2) is 42.5 Å². The molecule has 2 aromatic carbocycles. The van der Waals surface area contributed by atoms with Crippen LogP contribution in [0.2, 0.25) is 0 Å². The smallest absolute Gasteiger partial charge is 0.253 e. The topological polar surface area (TPSA) is 72.9 Å². The van der Waals surface area contributed by atoms with Gasteiger partial charge in [0, 0.05) is 43.1 Å². The van der Waals surface area contributed by atoms with Gasteiger partial charge in [0.1, 0.15) is 17.1 Å². The minimum absolute atomic E-state index is 0.0278. The maximum absolute atomic E-state index is 12.8. The van der Waals surface area contributed by atoms with Crippen LogP contribution in [0.4, 0.5) is 0 Å². The first-order valence-electron chi connectivity index (χ1n) is 9.71. The molecule has 0 N–H and O–H groups in total. The first-order chi connectivity index (χ1) is 13.9. The summed E-state index contributed by atoms with van der Waals surface area (Å²) in [5, 5.41) is 0. The number of ether oxygens (including phenoxy) is 2. The van der Waals surface area contributed by atoms with Crippen LogP contribution in [-0.2, 0) is 0 Å². The Hall–Kier alpha value is -3.15. The summed E-state index contributed by atoms with van der Waals surface area (Å²) in [4.78, 5) is 38.7. The molecule has 2 aliphatic heterocycles. The van der Waals surface area contributed by atoms with Gasteiger partial charge in [0.25, 0.3) is 5.91 Å². The Balaban J connectivity index is 1.46. The Morgan fingerprint density at radius 2 is 1.69 bits per heavy atom. The van der Waals surface area contributed by atoms with Gasteiger partial charge in [-0.1, -0.05) is 12.1 Å². The van der Waals surface area contributed by atoms with Crippen LogP contribution in [0.25, 0.3) is 0 Å². The second kappa shape index (κ2) is 7.35. The molecule has 0 radical (unpaired) electrons. The number of fused-ring (bicyclic) bond motifs is 1. The van der Waals surface area contributed by atoms with Gasteiger partial charge in [-0.25, -0.2) is 0 Å². The lowest BCUT2D eigenvalue weighted by Crippen LogP contribution is -2.52. The molecule has 0 bridgehead atoms. The maximum atomic E-state index is 12.8. The number of hydrogen-bond donors (Lipinski definition) is 0. The van der Waals surface area contributed by atoms with E-state index in [4.69, 9.17) is 9.47 Å². The van der Waals surface area contributed by atoms with E-state index in [1.807, 2.05) is 0 Å². The van der Waals surface area contributed by atoms with Crippen molar-refractivity contribution in [1.29, 1.82) is 0 Å². The number of hydrogen-bond acceptors (Lipinski definition) is 5. The zero-order valence-corrected chi connectivity index (χ0v) is 16.6. The molecular weight excluding hydrogens is 370 g/mol. The van der Waals surface area contributed by atoms with Crippen LogP contribution in [-0.4, -0.2) is 48.2 Å². The molecule has 2 aliphatic rings. The monoisotopic (exact) mass is 393 g/mol. The summed E-state index contributed by atoms with van der Waals surface area (Å²) in [6.07, 6.45) is 1.50. The fourth-order valence-corrected chi connectivity index (χ4v) is 4.03. The van der Waals surface area contributed by atoms with Crippen LogP contribution >= 0.6 is 0 Å². The van der Waals surface area contributed by atoms with Gasteiger partial charge in [-0.2, -0.15) is 0 Å². The molecule has 1 spiro atoms. The number of benzene rings is 2. The summed E-state index contributed by atoms with van der Waals surface area (Å²) in [6.45, 7) is 2.53. The number of rotatable bonds is 3. The number of methoxy groups -OCH3 is 1. The lowest BCUT2D eigenvalue weighted by molar-refractivity contribution is -0.00582. The number of likely N-dealkylation sites (tertiary alicyclic amines) is 1. The molecular formula is C23H23NO5. The van der Waals surface area contributed by atoms with E-state index < -0.39 is 5.60 Å². The molecule has 0 saturated carbocycles. The second-order valence-electron chi connectivity index (χ2n) is 7.67. The average molecular weight is 393 g/mol. The molecule has 2 heterocycles. The lowest BCUT2D eigenvalue weighted by atomic mass is 9.82. The maximum Gasteiger partial charge on any atom is 0.253 e. The predicted molar refractivity (Wildman–Crippen MR) is 107 cm³/mol. The third kappa shape index (κ3) is 3.62. The van der Waals surface area contributed by atoms with E-state index in [1.54, 1.807) is 54.5 Å². The summed E-state index contributed by atoms with van der Waals surface area (Å²) in [5.41, 5.74) is 1.15. The van der Waals surface area contributed by atoms with Crippen molar-refractivity contribution in [3.8, 4) is 11.5 Å². The van der Waals surface area contributed by atoms with Crippen LogP contribution in [0.3, 0.4) is 0 Å². The Morgan fingerprint density at radius 3 is 2.31 bits per heavy atom. The van der Waals surface area contributed by atoms with Crippen LogP contribution in [0.5, 0.6) is 11.5 Å². The minimum atomic E-state index is -0.578. The number of carbonyl (C=O) groups excluding carboxylic acids is 3. The quantitative estimate of drug-likeness (QED) is 0.746. The van der Waals surface area contributed by atoms with E-state index >= 15 is 0 Å². The van der Waals surface area contributed by atoms with Crippen LogP contribution < -0.4 is 9.47 Å². The van der Waals surface area contributed by atoms with E-state index in [2.05, 4.69) is 0 Å². The number of amides is 1. The van der Waals surface area contributed by atoms with Gasteiger partial charge >= 0.3 is 0 Å². The molecule has 1 amide bonds. The lowest BCUT2D eigenvalue weighted by Gasteiger charge is -2.44. The van der Waals surface area contributed by atoms with E-state index in [0.717, 1.165) is 0 Å². The van der Waals surface area contributed by atoms with E-state index in [-0.39, 0.29) is 17.5 Å². The molecule has 2 aromatic rings. The SMILES string of the molecule is COc1ccc2c(c1)OC1(CCN(C(=O)c3ccc(C(C)=O)cc3)CC1)CC2=O. The third-order valence-corrected chi connectivity index (χ3v) is 5.80. The number of piperidine rings is 1. The fourth-order valence-electron chi connectivity index (χ4n) is 4.03. The van der Waals surface area contributed by atoms with Crippen LogP contribution in [0, 0.1) is 0 Å². The van der Waals surface area contributed by atoms with Gasteiger partial charge in [0.05, 0.1) is 19.1 Å². The van der Waals surface area contributed by atoms with Gasteiger partial charge in [0.15, 0.2) is 11.6 Å². The van der Waals surface area contributed by atoms with Crippen molar-refractivity contribution in [1.82, 2.24) is 4.90 Å². The molecule has 0 aromatic heterocycles. The highest BCUT2D eigenvalue weighted by atomic mass is 16.5. The summed E-state index contributed by atoms with van der Waals surface area (Å²) in [5.74, 6) is 1.17. The zero-order valence-electron chi connectivity index (χ0n) is 16.6. The fraction of sp³-hybridized carbons (Fsp3) is 0.348. The first kappa shape index (κ1) is 19.2. The Kier molecular flexibility index (Phi) is 4.86. The molecule has 0 aliphatic carbocycles. The molecule has 0 atom stereocenters. The van der Waals surface area contributed by atoms with Gasteiger partial charge < -0.3 is 14.4 Å². The number of ketones is 2. The normalized spacial score (nSPS) is 17.4. The Bertz CT molecular complexity index is 971. The number of nitrogens with zero attached hydrogens (tertiary/aromatic N) is 1. The van der Waals surface area contributed by atoms with Crippen molar-refractivity contribution in [3.05, 3.63) is 59.2 Å². The van der Waals surface area contributed by atoms with Crippen molar-refractivity contribution in [3.63, 3.8) is 0 Å². The third-order valence-electron chi connectivity index (χ3n) is 5.80. The first-order valence-corrected chi connectivity index (χ1v) is 9.71. The van der Waals surface area contributed by atoms with Crippen molar-refractivity contribution < 1.29 is 23.9 Å². The van der Waals surface area contributed by atoms with E-state index in [0.29, 0.717) is 60.5 Å². The standard InChI is InChI=1S/C23H23NO5/c1-15(25)16-3-5-17(6-4-16)22(27)24-11-9-23(10-12-24)14-20(26)19-8-7-18(28-2)13-21(19)29-23/h3-8,13H,9-12,14H2,1-2H3. The highest BCUT2D eigenvalue weighted by Crippen LogP contribution is 2.40. The highest BCUT2D eigenvalue weighted by Gasteiger charge is 2.43. The van der Waals surface area contributed by atoms with Crippen LogP contribution in [0.1, 0.15) is 57.3 Å². The van der Waals surface area contributed by atoms with E-state index in [1.165, 1.54) is 6.92 Å². The summed E-state index contributed by atoms with van der Waals surface area (Å²) in [7, 11) is 1.58. The van der Waals surface area contributed by atoms with Crippen molar-refractivity contribution in [2.75, 3.05) is 20.2 Å². The summed E-state index contributed by atoms with van der Waals surface area (Å²) < 4.78 is 11.5. The molecule has 0 unspecified atom stereocenters. The highest BCUT2D eigenvalue weighted by molar-refractivity contribution is 6.01. The largest absolute Gasteiger partial charge is 0.497 e. The summed E-state index contributed by atoms with van der Waals surface area (Å²) >= 11 is 0. The second-order valence-corrected chi connectivity index (χ2v) is 7.67.